The van der Waals surface area contributed by atoms with Gasteiger partial charge in [0.15, 0.2) is 0 Å². The number of unbranched alkanes of at least 4 members (excludes halogenated alkanes) is 27. The molecule has 0 radical (unpaired) electrons. The number of hydrogen-bond donors (Lipinski definition) is 3. The van der Waals surface area contributed by atoms with Gasteiger partial charge in [-0.3, -0.25) is 9.59 Å². The van der Waals surface area contributed by atoms with Crippen molar-refractivity contribution >= 4 is 11.9 Å². The quantitative estimate of drug-likeness (QED) is 0.0327. The highest BCUT2D eigenvalue weighted by atomic mass is 16.5. The van der Waals surface area contributed by atoms with E-state index in [4.69, 9.17) is 4.74 Å². The first-order chi connectivity index (χ1) is 26.5. The van der Waals surface area contributed by atoms with Gasteiger partial charge in [-0.1, -0.05) is 204 Å². The number of esters is 1. The van der Waals surface area contributed by atoms with E-state index in [2.05, 4.69) is 37.4 Å². The van der Waals surface area contributed by atoms with Crippen LogP contribution < -0.4 is 5.32 Å². The average Bonchev–Trinajstić information content (AvgIpc) is 3.17. The van der Waals surface area contributed by atoms with Crippen molar-refractivity contribution < 1.29 is 24.5 Å². The number of carbonyl (C=O) groups excluding carboxylic acids is 2. The van der Waals surface area contributed by atoms with Gasteiger partial charge in [0.1, 0.15) is 0 Å². The van der Waals surface area contributed by atoms with Gasteiger partial charge >= 0.3 is 5.97 Å². The molecule has 3 N–H and O–H groups in total. The molecule has 0 rings (SSSR count). The van der Waals surface area contributed by atoms with Gasteiger partial charge < -0.3 is 20.3 Å². The molecule has 54 heavy (non-hydrogen) atoms. The highest BCUT2D eigenvalue weighted by Gasteiger charge is 2.17. The van der Waals surface area contributed by atoms with Crippen LogP contribution >= 0.6 is 0 Å². The highest BCUT2D eigenvalue weighted by Crippen LogP contribution is 2.14. The van der Waals surface area contributed by atoms with Crippen LogP contribution in [-0.4, -0.2) is 47.4 Å². The van der Waals surface area contributed by atoms with E-state index < -0.39 is 12.1 Å². The number of aliphatic hydroxyl groups excluding tert-OH is 2. The Morgan fingerprint density at radius 2 is 0.944 bits per heavy atom. The number of aliphatic hydroxyl groups is 2. The zero-order valence-electron chi connectivity index (χ0n) is 35.7. The van der Waals surface area contributed by atoms with E-state index in [1.165, 1.54) is 148 Å². The fourth-order valence-electron chi connectivity index (χ4n) is 6.80. The van der Waals surface area contributed by atoms with Crippen molar-refractivity contribution in [1.82, 2.24) is 5.32 Å². The van der Waals surface area contributed by atoms with Gasteiger partial charge in [-0.25, -0.2) is 0 Å². The second-order valence-corrected chi connectivity index (χ2v) is 15.7. The molecule has 0 fully saturated rings. The van der Waals surface area contributed by atoms with Crippen molar-refractivity contribution in [3.8, 4) is 0 Å². The first kappa shape index (κ1) is 52.1. The molecule has 0 saturated carbocycles. The second kappa shape index (κ2) is 43.8. The number of allylic oxidation sites excluding steroid dienone is 5. The third-order valence-corrected chi connectivity index (χ3v) is 10.4. The van der Waals surface area contributed by atoms with Crippen LogP contribution in [0.2, 0.25) is 0 Å². The van der Waals surface area contributed by atoms with Crippen LogP contribution in [0.1, 0.15) is 232 Å². The van der Waals surface area contributed by atoms with Crippen LogP contribution in [0.3, 0.4) is 0 Å². The molecule has 0 aliphatic heterocycles. The molecule has 0 spiro atoms. The average molecular weight is 760 g/mol. The normalized spacial score (nSPS) is 13.0. The van der Waals surface area contributed by atoms with Crippen LogP contribution in [0.25, 0.3) is 0 Å². The molecule has 0 heterocycles. The molecule has 0 aromatic rings. The van der Waals surface area contributed by atoms with E-state index in [0.29, 0.717) is 25.9 Å². The molecule has 0 aromatic heterocycles. The number of nitrogens with one attached hydrogen (secondary N) is 1. The van der Waals surface area contributed by atoms with E-state index >= 15 is 0 Å². The molecular formula is C48H89NO5. The Bertz CT molecular complexity index is 884. The maximum absolute atomic E-state index is 12.3. The monoisotopic (exact) mass is 760 g/mol. The molecule has 0 aliphatic carbocycles. The summed E-state index contributed by atoms with van der Waals surface area (Å²) in [4.78, 5) is 24.3. The van der Waals surface area contributed by atoms with E-state index in [0.717, 1.165) is 51.4 Å². The summed E-state index contributed by atoms with van der Waals surface area (Å²) in [6.45, 7) is 4.81. The maximum atomic E-state index is 12.3. The molecular weight excluding hydrogens is 671 g/mol. The molecule has 1 amide bonds. The van der Waals surface area contributed by atoms with Crippen molar-refractivity contribution in [1.29, 1.82) is 0 Å². The maximum Gasteiger partial charge on any atom is 0.305 e. The summed E-state index contributed by atoms with van der Waals surface area (Å²) in [5, 5.41) is 22.9. The molecule has 0 bridgehead atoms. The number of hydrogen-bond acceptors (Lipinski definition) is 5. The topological polar surface area (TPSA) is 95.9 Å². The Labute approximate surface area is 334 Å². The lowest BCUT2D eigenvalue weighted by atomic mass is 10.0. The Kier molecular flexibility index (Phi) is 42.2. The number of carbonyl (C=O) groups is 2. The smallest absolute Gasteiger partial charge is 0.305 e. The third-order valence-electron chi connectivity index (χ3n) is 10.4. The van der Waals surface area contributed by atoms with Gasteiger partial charge in [0.05, 0.1) is 25.4 Å². The van der Waals surface area contributed by atoms with E-state index in [9.17, 15) is 19.8 Å². The number of rotatable bonds is 42. The van der Waals surface area contributed by atoms with Crippen molar-refractivity contribution in [2.75, 3.05) is 13.2 Å². The molecule has 316 valence electrons. The molecule has 2 atom stereocenters. The van der Waals surface area contributed by atoms with Crippen molar-refractivity contribution in [2.24, 2.45) is 0 Å². The molecule has 2 unspecified atom stereocenters. The van der Waals surface area contributed by atoms with E-state index in [1.54, 1.807) is 6.08 Å². The van der Waals surface area contributed by atoms with Crippen molar-refractivity contribution in [3.05, 3.63) is 36.5 Å². The van der Waals surface area contributed by atoms with Crippen LogP contribution in [0.4, 0.5) is 0 Å². The predicted octanol–water partition coefficient (Wildman–Crippen LogP) is 13.3. The fraction of sp³-hybridized carbons (Fsp3) is 0.833. The minimum Gasteiger partial charge on any atom is -0.466 e. The SMILES string of the molecule is CCCCCCCCCCCC/C=C/C(O)C(CO)NC(=O)CC/C=C\C/C=C\CCCCCCCCOC(=O)CCCCCCCCCCCCCC. The fourth-order valence-corrected chi connectivity index (χ4v) is 6.80. The van der Waals surface area contributed by atoms with Crippen LogP contribution in [0, 0.1) is 0 Å². The van der Waals surface area contributed by atoms with Crippen LogP contribution in [-0.2, 0) is 14.3 Å². The van der Waals surface area contributed by atoms with Crippen molar-refractivity contribution in [3.63, 3.8) is 0 Å². The Morgan fingerprint density at radius 3 is 1.44 bits per heavy atom. The molecule has 0 aromatic carbocycles. The second-order valence-electron chi connectivity index (χ2n) is 15.7. The Morgan fingerprint density at radius 1 is 0.519 bits per heavy atom. The third kappa shape index (κ3) is 39.8. The first-order valence-electron chi connectivity index (χ1n) is 23.3. The number of amides is 1. The Balaban J connectivity index is 3.60. The van der Waals surface area contributed by atoms with Crippen LogP contribution in [0.5, 0.6) is 0 Å². The van der Waals surface area contributed by atoms with Crippen LogP contribution in [0.15, 0.2) is 36.5 Å². The molecule has 6 nitrogen and oxygen atoms in total. The Hall–Kier alpha value is -1.92. The van der Waals surface area contributed by atoms with E-state index in [-0.39, 0.29) is 18.5 Å². The summed E-state index contributed by atoms with van der Waals surface area (Å²) in [5.74, 6) is -0.169. The van der Waals surface area contributed by atoms with Crippen molar-refractivity contribution in [2.45, 2.75) is 244 Å². The zero-order valence-corrected chi connectivity index (χ0v) is 35.7. The lowest BCUT2D eigenvalue weighted by Crippen LogP contribution is -2.45. The summed E-state index contributed by atoms with van der Waals surface area (Å²) < 4.78 is 5.43. The van der Waals surface area contributed by atoms with Gasteiger partial charge in [0.2, 0.25) is 5.91 Å². The number of ether oxygens (including phenoxy) is 1. The minimum atomic E-state index is -0.877. The molecule has 0 aliphatic rings. The standard InChI is InChI=1S/C48H89NO5/c1-3-5-7-9-11-13-15-20-24-28-32-36-40-46(51)45(44-50)49-47(52)41-37-33-29-25-21-18-17-19-23-27-31-35-39-43-54-48(53)42-38-34-30-26-22-16-14-12-10-8-6-4-2/h18,21,29,33,36,40,45-46,50-51H,3-17,19-20,22-28,30-32,34-35,37-39,41-44H2,1-2H3,(H,49,52)/b21-18-,33-29-,40-36+. The summed E-state index contributed by atoms with van der Waals surface area (Å²) in [6, 6.07) is -0.670. The largest absolute Gasteiger partial charge is 0.466 e. The molecule has 6 heteroatoms. The molecule has 0 saturated heterocycles. The summed E-state index contributed by atoms with van der Waals surface area (Å²) in [5.41, 5.74) is 0. The van der Waals surface area contributed by atoms with Gasteiger partial charge in [0.25, 0.3) is 0 Å². The predicted molar refractivity (Wildman–Crippen MR) is 232 cm³/mol. The lowest BCUT2D eigenvalue weighted by Gasteiger charge is -2.19. The zero-order chi connectivity index (χ0) is 39.4. The summed E-state index contributed by atoms with van der Waals surface area (Å²) >= 11 is 0. The summed E-state index contributed by atoms with van der Waals surface area (Å²) in [7, 11) is 0. The van der Waals surface area contributed by atoms with Gasteiger partial charge in [-0.2, -0.15) is 0 Å². The van der Waals surface area contributed by atoms with Gasteiger partial charge in [-0.15, -0.1) is 0 Å². The summed E-state index contributed by atoms with van der Waals surface area (Å²) in [6.07, 6.45) is 51.4. The first-order valence-corrected chi connectivity index (χ1v) is 23.3. The van der Waals surface area contributed by atoms with Gasteiger partial charge in [-0.05, 0) is 51.4 Å². The van der Waals surface area contributed by atoms with E-state index in [1.807, 2.05) is 12.2 Å². The van der Waals surface area contributed by atoms with Gasteiger partial charge in [0, 0.05) is 12.8 Å². The lowest BCUT2D eigenvalue weighted by molar-refractivity contribution is -0.143. The minimum absolute atomic E-state index is 0.0189. The highest BCUT2D eigenvalue weighted by molar-refractivity contribution is 5.76.